The predicted molar refractivity (Wildman–Crippen MR) is 69.1 cm³/mol. The Morgan fingerprint density at radius 3 is 2.71 bits per heavy atom. The highest BCUT2D eigenvalue weighted by Crippen LogP contribution is 2.22. The Balaban J connectivity index is 2.20. The number of aromatic nitrogens is 2. The molecular formula is C10H7Cl2N3OS. The number of rotatable bonds is 2. The molecule has 0 spiro atoms. The first-order chi connectivity index (χ1) is 8.06. The van der Waals surface area contributed by atoms with Crippen LogP contribution in [0.2, 0.25) is 10.0 Å². The number of hydrogen-bond acceptors (Lipinski definition) is 4. The number of halogens is 2. The van der Waals surface area contributed by atoms with Gasteiger partial charge in [0.25, 0.3) is 5.91 Å². The summed E-state index contributed by atoms with van der Waals surface area (Å²) < 4.78 is 0. The summed E-state index contributed by atoms with van der Waals surface area (Å²) >= 11 is 13.0. The fourth-order valence-corrected chi connectivity index (χ4v) is 2.27. The monoisotopic (exact) mass is 287 g/mol. The van der Waals surface area contributed by atoms with Gasteiger partial charge in [0.1, 0.15) is 5.01 Å². The number of anilines is 1. The van der Waals surface area contributed by atoms with Gasteiger partial charge in [-0.1, -0.05) is 34.5 Å². The Hall–Kier alpha value is -1.17. The first kappa shape index (κ1) is 12.3. The topological polar surface area (TPSA) is 54.9 Å². The second-order valence-corrected chi connectivity index (χ2v) is 5.23. The van der Waals surface area contributed by atoms with Crippen LogP contribution < -0.4 is 5.32 Å². The molecule has 0 aliphatic carbocycles. The van der Waals surface area contributed by atoms with Gasteiger partial charge in [0.05, 0.1) is 10.6 Å². The van der Waals surface area contributed by atoms with Crippen molar-refractivity contribution in [2.45, 2.75) is 6.92 Å². The average Bonchev–Trinajstić information content (AvgIpc) is 2.63. The average molecular weight is 288 g/mol. The Morgan fingerprint density at radius 1 is 1.35 bits per heavy atom. The Bertz CT molecular complexity index is 570. The molecule has 2 rings (SSSR count). The number of hydrogen-bond donors (Lipinski definition) is 1. The number of carbonyl (C=O) groups excluding carboxylic acids is 1. The number of nitrogens with zero attached hydrogens (tertiary/aromatic N) is 2. The fourth-order valence-electron chi connectivity index (χ4n) is 1.19. The maximum atomic E-state index is 11.9. The zero-order valence-electron chi connectivity index (χ0n) is 8.70. The van der Waals surface area contributed by atoms with E-state index in [1.54, 1.807) is 12.1 Å². The van der Waals surface area contributed by atoms with E-state index in [0.29, 0.717) is 20.7 Å². The third-order valence-corrected chi connectivity index (χ3v) is 3.22. The Kier molecular flexibility index (Phi) is 3.61. The third kappa shape index (κ3) is 2.94. The molecule has 0 fully saturated rings. The summed E-state index contributed by atoms with van der Waals surface area (Å²) in [4.78, 5) is 11.9. The van der Waals surface area contributed by atoms with Crippen molar-refractivity contribution in [1.82, 2.24) is 10.2 Å². The van der Waals surface area contributed by atoms with Gasteiger partial charge in [0.2, 0.25) is 5.13 Å². The summed E-state index contributed by atoms with van der Waals surface area (Å²) in [5, 5.41) is 12.2. The van der Waals surface area contributed by atoms with Crippen LogP contribution in [0.1, 0.15) is 15.4 Å². The molecule has 0 aliphatic heterocycles. The van der Waals surface area contributed by atoms with Gasteiger partial charge in [-0.3, -0.25) is 10.1 Å². The van der Waals surface area contributed by atoms with E-state index >= 15 is 0 Å². The van der Waals surface area contributed by atoms with E-state index < -0.39 is 0 Å². The molecule has 0 saturated heterocycles. The summed E-state index contributed by atoms with van der Waals surface area (Å²) in [6.45, 7) is 1.81. The molecule has 1 amide bonds. The Morgan fingerprint density at radius 2 is 2.12 bits per heavy atom. The van der Waals surface area contributed by atoms with Gasteiger partial charge in [-0.05, 0) is 25.1 Å². The maximum Gasteiger partial charge on any atom is 0.259 e. The van der Waals surface area contributed by atoms with Crippen LogP contribution >= 0.6 is 34.5 Å². The van der Waals surface area contributed by atoms with Crippen LogP contribution in [0.25, 0.3) is 0 Å². The van der Waals surface area contributed by atoms with Crippen LogP contribution in [-0.4, -0.2) is 16.1 Å². The Labute approximate surface area is 112 Å². The van der Waals surface area contributed by atoms with Crippen molar-refractivity contribution in [3.8, 4) is 0 Å². The second kappa shape index (κ2) is 5.00. The fraction of sp³-hybridized carbons (Fsp3) is 0.100. The van der Waals surface area contributed by atoms with Crippen LogP contribution in [0.5, 0.6) is 0 Å². The summed E-state index contributed by atoms with van der Waals surface area (Å²) in [5.74, 6) is -0.331. The lowest BCUT2D eigenvalue weighted by Crippen LogP contribution is -2.12. The van der Waals surface area contributed by atoms with Gasteiger partial charge in [0, 0.05) is 5.02 Å². The van der Waals surface area contributed by atoms with E-state index in [1.807, 2.05) is 6.92 Å². The molecule has 4 nitrogen and oxygen atoms in total. The molecule has 1 aromatic carbocycles. The van der Waals surface area contributed by atoms with Crippen LogP contribution in [0, 0.1) is 6.92 Å². The van der Waals surface area contributed by atoms with Crippen LogP contribution in [0.3, 0.4) is 0 Å². The van der Waals surface area contributed by atoms with Gasteiger partial charge >= 0.3 is 0 Å². The summed E-state index contributed by atoms with van der Waals surface area (Å²) in [7, 11) is 0. The molecule has 7 heteroatoms. The van der Waals surface area contributed by atoms with E-state index in [4.69, 9.17) is 23.2 Å². The first-order valence-corrected chi connectivity index (χ1v) is 6.20. The van der Waals surface area contributed by atoms with Gasteiger partial charge in [0.15, 0.2) is 0 Å². The first-order valence-electron chi connectivity index (χ1n) is 4.63. The van der Waals surface area contributed by atoms with Crippen molar-refractivity contribution in [2.24, 2.45) is 0 Å². The lowest BCUT2D eigenvalue weighted by molar-refractivity contribution is 0.102. The van der Waals surface area contributed by atoms with Crippen LogP contribution in [0.4, 0.5) is 5.13 Å². The number of nitrogens with one attached hydrogen (secondary N) is 1. The molecule has 88 valence electrons. The smallest absolute Gasteiger partial charge is 0.259 e. The summed E-state index contributed by atoms with van der Waals surface area (Å²) in [6.07, 6.45) is 0. The minimum atomic E-state index is -0.331. The number of amides is 1. The number of carbonyl (C=O) groups is 1. The molecule has 1 aromatic heterocycles. The zero-order valence-corrected chi connectivity index (χ0v) is 11.0. The van der Waals surface area contributed by atoms with Gasteiger partial charge < -0.3 is 0 Å². The van der Waals surface area contributed by atoms with E-state index in [0.717, 1.165) is 5.01 Å². The van der Waals surface area contributed by atoms with E-state index in [1.165, 1.54) is 17.4 Å². The summed E-state index contributed by atoms with van der Waals surface area (Å²) in [5.41, 5.74) is 0.351. The molecule has 0 atom stereocenters. The SMILES string of the molecule is Cc1nnc(NC(=O)c2ccc(Cl)cc2Cl)s1. The van der Waals surface area contributed by atoms with Crippen molar-refractivity contribution >= 4 is 45.6 Å². The highest BCUT2D eigenvalue weighted by atomic mass is 35.5. The quantitative estimate of drug-likeness (QED) is 0.921. The molecular weight excluding hydrogens is 281 g/mol. The molecule has 0 radical (unpaired) electrons. The molecule has 2 aromatic rings. The lowest BCUT2D eigenvalue weighted by atomic mass is 10.2. The normalized spacial score (nSPS) is 10.3. The van der Waals surface area contributed by atoms with E-state index in [2.05, 4.69) is 15.5 Å². The molecule has 0 aliphatic rings. The third-order valence-electron chi connectivity index (χ3n) is 1.92. The zero-order chi connectivity index (χ0) is 12.4. The van der Waals surface area contributed by atoms with Crippen molar-refractivity contribution < 1.29 is 4.79 Å². The maximum absolute atomic E-state index is 11.9. The van der Waals surface area contributed by atoms with Crippen molar-refractivity contribution in [2.75, 3.05) is 5.32 Å². The number of aryl methyl sites for hydroxylation is 1. The van der Waals surface area contributed by atoms with Crippen LogP contribution in [0.15, 0.2) is 18.2 Å². The van der Waals surface area contributed by atoms with Crippen molar-refractivity contribution in [1.29, 1.82) is 0 Å². The van der Waals surface area contributed by atoms with Gasteiger partial charge in [-0.25, -0.2) is 0 Å². The minimum absolute atomic E-state index is 0.302. The van der Waals surface area contributed by atoms with Crippen LogP contribution in [-0.2, 0) is 0 Å². The van der Waals surface area contributed by atoms with E-state index in [-0.39, 0.29) is 5.91 Å². The molecule has 17 heavy (non-hydrogen) atoms. The molecule has 1 N–H and O–H groups in total. The van der Waals surface area contributed by atoms with Gasteiger partial charge in [-0.2, -0.15) is 0 Å². The molecule has 0 bridgehead atoms. The summed E-state index contributed by atoms with van der Waals surface area (Å²) in [6, 6.07) is 4.69. The predicted octanol–water partition coefficient (Wildman–Crippen LogP) is 3.41. The lowest BCUT2D eigenvalue weighted by Gasteiger charge is -2.03. The number of benzene rings is 1. The molecule has 1 heterocycles. The van der Waals surface area contributed by atoms with Crippen molar-refractivity contribution in [3.05, 3.63) is 38.8 Å². The molecule has 0 unspecified atom stereocenters. The molecule has 0 saturated carbocycles. The van der Waals surface area contributed by atoms with Gasteiger partial charge in [-0.15, -0.1) is 10.2 Å². The second-order valence-electron chi connectivity index (χ2n) is 3.20. The van der Waals surface area contributed by atoms with Crippen molar-refractivity contribution in [3.63, 3.8) is 0 Å². The largest absolute Gasteiger partial charge is 0.296 e. The van der Waals surface area contributed by atoms with E-state index in [9.17, 15) is 4.79 Å². The standard InChI is InChI=1S/C10H7Cl2N3OS/c1-5-14-15-10(17-5)13-9(16)7-3-2-6(11)4-8(7)12/h2-4H,1H3,(H,13,15,16). The minimum Gasteiger partial charge on any atom is -0.296 e. The highest BCUT2D eigenvalue weighted by Gasteiger charge is 2.12. The highest BCUT2D eigenvalue weighted by molar-refractivity contribution is 7.15.